The van der Waals surface area contributed by atoms with Crippen molar-refractivity contribution >= 4 is 29.9 Å². The van der Waals surface area contributed by atoms with Crippen LogP contribution in [0.1, 0.15) is 38.2 Å². The van der Waals surface area contributed by atoms with Gasteiger partial charge in [-0.3, -0.25) is 4.79 Å². The SMILES string of the molecule is CNCC(C)C(=O)NC1(c2cccc(Cl)c2)CCCC1.Cl. The van der Waals surface area contributed by atoms with Crippen molar-refractivity contribution in [3.05, 3.63) is 34.9 Å². The van der Waals surface area contributed by atoms with Gasteiger partial charge >= 0.3 is 0 Å². The number of nitrogens with one attached hydrogen (secondary N) is 2. The Hall–Kier alpha value is -0.770. The van der Waals surface area contributed by atoms with Gasteiger partial charge in [-0.2, -0.15) is 0 Å². The lowest BCUT2D eigenvalue weighted by Crippen LogP contribution is -2.47. The molecule has 0 spiro atoms. The Labute approximate surface area is 138 Å². The average Bonchev–Trinajstić information content (AvgIpc) is 2.89. The highest BCUT2D eigenvalue weighted by Gasteiger charge is 2.37. The Bertz CT molecular complexity index is 473. The van der Waals surface area contributed by atoms with E-state index in [0.29, 0.717) is 6.54 Å². The zero-order valence-electron chi connectivity index (χ0n) is 12.6. The predicted molar refractivity (Wildman–Crippen MR) is 90.1 cm³/mol. The molecule has 2 N–H and O–H groups in total. The third kappa shape index (κ3) is 4.35. The van der Waals surface area contributed by atoms with Crippen LogP contribution in [0.4, 0.5) is 0 Å². The second-order valence-corrected chi connectivity index (χ2v) is 6.18. The van der Waals surface area contributed by atoms with Gasteiger partial charge in [0.2, 0.25) is 5.91 Å². The molecule has 1 aromatic rings. The monoisotopic (exact) mass is 330 g/mol. The molecule has 5 heteroatoms. The number of benzene rings is 1. The van der Waals surface area contributed by atoms with Crippen LogP contribution in [-0.4, -0.2) is 19.5 Å². The second kappa shape index (κ2) is 8.02. The van der Waals surface area contributed by atoms with Gasteiger partial charge in [0, 0.05) is 17.5 Å². The van der Waals surface area contributed by atoms with Gasteiger partial charge in [-0.25, -0.2) is 0 Å². The molecule has 1 aliphatic carbocycles. The summed E-state index contributed by atoms with van der Waals surface area (Å²) in [5.41, 5.74) is 0.900. The van der Waals surface area contributed by atoms with Crippen LogP contribution in [0.2, 0.25) is 5.02 Å². The van der Waals surface area contributed by atoms with E-state index in [1.165, 1.54) is 0 Å². The minimum Gasteiger partial charge on any atom is -0.346 e. The van der Waals surface area contributed by atoms with E-state index in [1.807, 2.05) is 32.2 Å². The van der Waals surface area contributed by atoms with E-state index in [9.17, 15) is 4.79 Å². The molecule has 1 amide bonds. The first-order valence-corrected chi connectivity index (χ1v) is 7.68. The summed E-state index contributed by atoms with van der Waals surface area (Å²) in [6.45, 7) is 2.64. The molecule has 3 nitrogen and oxygen atoms in total. The summed E-state index contributed by atoms with van der Waals surface area (Å²) >= 11 is 6.11. The van der Waals surface area contributed by atoms with Crippen molar-refractivity contribution in [3.63, 3.8) is 0 Å². The smallest absolute Gasteiger partial charge is 0.224 e. The quantitative estimate of drug-likeness (QED) is 0.867. The largest absolute Gasteiger partial charge is 0.346 e. The van der Waals surface area contributed by atoms with Gasteiger partial charge in [-0.05, 0) is 37.6 Å². The van der Waals surface area contributed by atoms with Crippen molar-refractivity contribution in [2.24, 2.45) is 5.92 Å². The lowest BCUT2D eigenvalue weighted by molar-refractivity contribution is -0.126. The van der Waals surface area contributed by atoms with Crippen molar-refractivity contribution in [1.29, 1.82) is 0 Å². The maximum Gasteiger partial charge on any atom is 0.224 e. The third-order valence-electron chi connectivity index (χ3n) is 4.15. The first-order chi connectivity index (χ1) is 9.57. The zero-order valence-corrected chi connectivity index (χ0v) is 14.2. The normalized spacial score (nSPS) is 17.9. The molecule has 1 aromatic carbocycles. The van der Waals surface area contributed by atoms with Crippen LogP contribution >= 0.6 is 24.0 Å². The van der Waals surface area contributed by atoms with Gasteiger partial charge in [-0.15, -0.1) is 12.4 Å². The van der Waals surface area contributed by atoms with Crippen LogP contribution in [0.3, 0.4) is 0 Å². The van der Waals surface area contributed by atoms with Crippen molar-refractivity contribution in [3.8, 4) is 0 Å². The topological polar surface area (TPSA) is 41.1 Å². The van der Waals surface area contributed by atoms with Gasteiger partial charge in [0.05, 0.1) is 5.54 Å². The van der Waals surface area contributed by atoms with Crippen LogP contribution in [0.5, 0.6) is 0 Å². The van der Waals surface area contributed by atoms with Crippen LogP contribution in [0.15, 0.2) is 24.3 Å². The van der Waals surface area contributed by atoms with E-state index < -0.39 is 0 Å². The fraction of sp³-hybridized carbons (Fsp3) is 0.562. The predicted octanol–water partition coefficient (Wildman–Crippen LogP) is 3.50. The molecule has 0 bridgehead atoms. The highest BCUT2D eigenvalue weighted by Crippen LogP contribution is 2.39. The zero-order chi connectivity index (χ0) is 14.6. The Morgan fingerprint density at radius 2 is 2.05 bits per heavy atom. The van der Waals surface area contributed by atoms with Crippen LogP contribution < -0.4 is 10.6 Å². The molecule has 1 saturated carbocycles. The molecular formula is C16H24Cl2N2O. The Morgan fingerprint density at radius 3 is 2.62 bits per heavy atom. The van der Waals surface area contributed by atoms with Crippen molar-refractivity contribution < 1.29 is 4.79 Å². The van der Waals surface area contributed by atoms with Crippen LogP contribution in [0.25, 0.3) is 0 Å². The number of amides is 1. The summed E-state index contributed by atoms with van der Waals surface area (Å²) < 4.78 is 0. The highest BCUT2D eigenvalue weighted by molar-refractivity contribution is 6.30. The van der Waals surface area contributed by atoms with E-state index >= 15 is 0 Å². The molecule has 0 heterocycles. The summed E-state index contributed by atoms with van der Waals surface area (Å²) in [6.07, 6.45) is 4.27. The van der Waals surface area contributed by atoms with E-state index in [1.54, 1.807) is 0 Å². The molecule has 1 aliphatic rings. The van der Waals surface area contributed by atoms with Crippen molar-refractivity contribution in [2.45, 2.75) is 38.1 Å². The minimum absolute atomic E-state index is 0. The molecule has 21 heavy (non-hydrogen) atoms. The average molecular weight is 331 g/mol. The number of rotatable bonds is 5. The van der Waals surface area contributed by atoms with E-state index in [0.717, 1.165) is 36.3 Å². The third-order valence-corrected chi connectivity index (χ3v) is 4.39. The van der Waals surface area contributed by atoms with Crippen molar-refractivity contribution in [1.82, 2.24) is 10.6 Å². The molecule has 1 unspecified atom stereocenters. The molecule has 1 atom stereocenters. The molecule has 0 saturated heterocycles. The number of hydrogen-bond donors (Lipinski definition) is 2. The second-order valence-electron chi connectivity index (χ2n) is 5.75. The van der Waals surface area contributed by atoms with Gasteiger partial charge in [0.1, 0.15) is 0 Å². The number of halogens is 2. The number of carbonyl (C=O) groups is 1. The Morgan fingerprint density at radius 1 is 1.38 bits per heavy atom. The molecule has 0 radical (unpaired) electrons. The van der Waals surface area contributed by atoms with Gasteiger partial charge in [0.15, 0.2) is 0 Å². The van der Waals surface area contributed by atoms with E-state index in [4.69, 9.17) is 11.6 Å². The lowest BCUT2D eigenvalue weighted by Gasteiger charge is -2.32. The van der Waals surface area contributed by atoms with Gasteiger partial charge in [0.25, 0.3) is 0 Å². The Kier molecular flexibility index (Phi) is 6.98. The number of carbonyl (C=O) groups excluding carboxylic acids is 1. The first-order valence-electron chi connectivity index (χ1n) is 7.30. The maximum absolute atomic E-state index is 12.4. The summed E-state index contributed by atoms with van der Waals surface area (Å²) in [5, 5.41) is 7.06. The summed E-state index contributed by atoms with van der Waals surface area (Å²) in [7, 11) is 1.87. The molecule has 0 aliphatic heterocycles. The summed E-state index contributed by atoms with van der Waals surface area (Å²) in [6, 6.07) is 7.89. The summed E-state index contributed by atoms with van der Waals surface area (Å²) in [4.78, 5) is 12.4. The highest BCUT2D eigenvalue weighted by atomic mass is 35.5. The molecule has 2 rings (SSSR count). The number of hydrogen-bond acceptors (Lipinski definition) is 2. The molecular weight excluding hydrogens is 307 g/mol. The van der Waals surface area contributed by atoms with Gasteiger partial charge < -0.3 is 10.6 Å². The van der Waals surface area contributed by atoms with Crippen LogP contribution in [0, 0.1) is 5.92 Å². The van der Waals surface area contributed by atoms with E-state index in [-0.39, 0.29) is 29.8 Å². The fourth-order valence-electron chi connectivity index (χ4n) is 3.01. The van der Waals surface area contributed by atoms with Crippen molar-refractivity contribution in [2.75, 3.05) is 13.6 Å². The fourth-order valence-corrected chi connectivity index (χ4v) is 3.20. The van der Waals surface area contributed by atoms with Gasteiger partial charge in [-0.1, -0.05) is 43.5 Å². The lowest BCUT2D eigenvalue weighted by atomic mass is 9.87. The molecule has 1 fully saturated rings. The van der Waals surface area contributed by atoms with Crippen LogP contribution in [-0.2, 0) is 10.3 Å². The minimum atomic E-state index is -0.232. The first kappa shape index (κ1) is 18.3. The Balaban J connectivity index is 0.00000220. The molecule has 118 valence electrons. The summed E-state index contributed by atoms with van der Waals surface area (Å²) in [5.74, 6) is 0.0814. The standard InChI is InChI=1S/C16H23ClN2O.ClH/c1-12(11-18-2)15(20)19-16(8-3-4-9-16)13-6-5-7-14(17)10-13;/h5-7,10,12,18H,3-4,8-9,11H2,1-2H3,(H,19,20);1H. The molecule has 0 aromatic heterocycles. The van der Waals surface area contributed by atoms with E-state index in [2.05, 4.69) is 16.7 Å². The maximum atomic E-state index is 12.4.